The summed E-state index contributed by atoms with van der Waals surface area (Å²) in [6.45, 7) is 2.08. The lowest BCUT2D eigenvalue weighted by molar-refractivity contribution is -0.113. The van der Waals surface area contributed by atoms with Crippen LogP contribution in [0.4, 0.5) is 11.6 Å². The van der Waals surface area contributed by atoms with Crippen molar-refractivity contribution in [1.82, 2.24) is 14.8 Å². The Labute approximate surface area is 238 Å². The molecule has 2 N–H and O–H groups in total. The molecule has 0 spiro atoms. The maximum Gasteiger partial charge on any atom is 0.255 e. The lowest BCUT2D eigenvalue weighted by atomic mass is 9.94. The predicted octanol–water partition coefficient (Wildman–Crippen LogP) is 6.22. The van der Waals surface area contributed by atoms with E-state index >= 15 is 0 Å². The van der Waals surface area contributed by atoms with Crippen LogP contribution < -0.4 is 24.8 Å². The van der Waals surface area contributed by atoms with Gasteiger partial charge in [-0.05, 0) is 58.7 Å². The standard InChI is InChI=1S/C28H25BrClN5O4/c1-16-24(27(36)34-21-10-6-7-11-22(21)37-2)25(35-28(33-16)31-15-32-35)18-12-19(29)26(23(13-18)38-3)39-14-17-8-4-5-9-20(17)30/h4-13,15,25H,14H2,1-3H3,(H,34,36)(H,31,32,33)/t25-/m1/s1. The van der Waals surface area contributed by atoms with E-state index in [0.717, 1.165) is 11.1 Å². The molecule has 1 aliphatic rings. The second-order valence-corrected chi connectivity index (χ2v) is 9.92. The number of allylic oxidation sites excluding steroid dienone is 1. The molecule has 200 valence electrons. The largest absolute Gasteiger partial charge is 0.495 e. The van der Waals surface area contributed by atoms with Gasteiger partial charge in [-0.2, -0.15) is 10.1 Å². The fraction of sp³-hybridized carbons (Fsp3) is 0.179. The van der Waals surface area contributed by atoms with E-state index in [1.54, 1.807) is 31.0 Å². The molecular formula is C28H25BrClN5O4. The normalized spacial score (nSPS) is 14.3. The molecule has 0 aliphatic carbocycles. The van der Waals surface area contributed by atoms with Gasteiger partial charge in [0.15, 0.2) is 11.5 Å². The summed E-state index contributed by atoms with van der Waals surface area (Å²) in [5, 5.41) is 11.2. The van der Waals surface area contributed by atoms with Gasteiger partial charge in [0.25, 0.3) is 5.91 Å². The summed E-state index contributed by atoms with van der Waals surface area (Å²) in [7, 11) is 3.12. The average Bonchev–Trinajstić information content (AvgIpc) is 3.40. The number of nitrogens with zero attached hydrogens (tertiary/aromatic N) is 3. The summed E-state index contributed by atoms with van der Waals surface area (Å²) in [6.07, 6.45) is 1.44. The van der Waals surface area contributed by atoms with Crippen LogP contribution in [0.25, 0.3) is 0 Å². The number of halogens is 2. The van der Waals surface area contributed by atoms with E-state index in [1.165, 1.54) is 6.33 Å². The third-order valence-corrected chi connectivity index (χ3v) is 7.25. The number of hydrogen-bond acceptors (Lipinski definition) is 7. The highest BCUT2D eigenvalue weighted by Crippen LogP contribution is 2.43. The number of ether oxygens (including phenoxy) is 3. The van der Waals surface area contributed by atoms with Crippen LogP contribution in [0, 0.1) is 0 Å². The molecule has 0 fully saturated rings. The first-order valence-corrected chi connectivity index (χ1v) is 13.1. The monoisotopic (exact) mass is 609 g/mol. The van der Waals surface area contributed by atoms with Crippen LogP contribution in [0.3, 0.4) is 0 Å². The first kappa shape index (κ1) is 26.6. The van der Waals surface area contributed by atoms with Crippen molar-refractivity contribution in [2.75, 3.05) is 24.9 Å². The minimum atomic E-state index is -0.610. The highest BCUT2D eigenvalue weighted by Gasteiger charge is 2.35. The summed E-state index contributed by atoms with van der Waals surface area (Å²) in [5.41, 5.74) is 3.23. The van der Waals surface area contributed by atoms with E-state index < -0.39 is 6.04 Å². The van der Waals surface area contributed by atoms with Crippen molar-refractivity contribution in [3.63, 3.8) is 0 Å². The van der Waals surface area contributed by atoms with Crippen LogP contribution in [0.15, 0.2) is 82.7 Å². The van der Waals surface area contributed by atoms with Crippen molar-refractivity contribution in [3.05, 3.63) is 98.9 Å². The van der Waals surface area contributed by atoms with Crippen molar-refractivity contribution in [2.45, 2.75) is 19.6 Å². The van der Waals surface area contributed by atoms with Gasteiger partial charge in [-0.25, -0.2) is 4.68 Å². The van der Waals surface area contributed by atoms with Crippen LogP contribution in [0.1, 0.15) is 24.1 Å². The summed E-state index contributed by atoms with van der Waals surface area (Å²) in [4.78, 5) is 18.1. The SMILES string of the molecule is COc1ccccc1NC(=O)C1=C(C)Nc2ncnn2[C@@H]1c1cc(Br)c(OCc2ccccc2Cl)c(OC)c1. The number of methoxy groups -OCH3 is 2. The Balaban J connectivity index is 1.53. The Morgan fingerprint density at radius 3 is 2.62 bits per heavy atom. The smallest absolute Gasteiger partial charge is 0.255 e. The number of anilines is 2. The van der Waals surface area contributed by atoms with Crippen LogP contribution in [0.2, 0.25) is 5.02 Å². The molecule has 9 nitrogen and oxygen atoms in total. The molecule has 0 saturated carbocycles. The first-order valence-electron chi connectivity index (χ1n) is 12.0. The number of para-hydroxylation sites is 2. The average molecular weight is 611 g/mol. The van der Waals surface area contributed by atoms with Gasteiger partial charge in [-0.3, -0.25) is 4.79 Å². The Morgan fingerprint density at radius 1 is 1.10 bits per heavy atom. The molecule has 1 aromatic heterocycles. The van der Waals surface area contributed by atoms with Crippen LogP contribution in [-0.4, -0.2) is 34.9 Å². The molecule has 5 rings (SSSR count). The van der Waals surface area contributed by atoms with Gasteiger partial charge in [-0.1, -0.05) is 41.9 Å². The van der Waals surface area contributed by atoms with Gasteiger partial charge in [0.1, 0.15) is 24.7 Å². The molecule has 0 radical (unpaired) electrons. The Hall–Kier alpha value is -4.02. The maximum atomic E-state index is 13.8. The number of carbonyl (C=O) groups is 1. The fourth-order valence-electron chi connectivity index (χ4n) is 4.43. The fourth-order valence-corrected chi connectivity index (χ4v) is 5.20. The van der Waals surface area contributed by atoms with E-state index in [-0.39, 0.29) is 12.5 Å². The number of benzene rings is 3. The third-order valence-electron chi connectivity index (χ3n) is 6.29. The van der Waals surface area contributed by atoms with Gasteiger partial charge in [-0.15, -0.1) is 0 Å². The molecule has 2 heterocycles. The predicted molar refractivity (Wildman–Crippen MR) is 153 cm³/mol. The highest BCUT2D eigenvalue weighted by atomic mass is 79.9. The Morgan fingerprint density at radius 2 is 1.85 bits per heavy atom. The van der Waals surface area contributed by atoms with Crippen LogP contribution in [-0.2, 0) is 11.4 Å². The number of fused-ring (bicyclic) bond motifs is 1. The topological polar surface area (TPSA) is 99.5 Å². The second-order valence-electron chi connectivity index (χ2n) is 8.66. The van der Waals surface area contributed by atoms with E-state index in [0.29, 0.717) is 49.6 Å². The van der Waals surface area contributed by atoms with Crippen molar-refractivity contribution >= 4 is 45.1 Å². The number of rotatable bonds is 8. The van der Waals surface area contributed by atoms with Crippen LogP contribution >= 0.6 is 27.5 Å². The molecular weight excluding hydrogens is 586 g/mol. The molecule has 4 aromatic rings. The molecule has 11 heteroatoms. The highest BCUT2D eigenvalue weighted by molar-refractivity contribution is 9.10. The zero-order chi connectivity index (χ0) is 27.5. The molecule has 1 atom stereocenters. The quantitative estimate of drug-likeness (QED) is 0.244. The van der Waals surface area contributed by atoms with E-state index in [4.69, 9.17) is 25.8 Å². The van der Waals surface area contributed by atoms with Gasteiger partial charge < -0.3 is 24.8 Å². The summed E-state index contributed by atoms with van der Waals surface area (Å²) in [5.74, 6) is 1.74. The van der Waals surface area contributed by atoms with Crippen molar-refractivity contribution in [1.29, 1.82) is 0 Å². The zero-order valence-corrected chi connectivity index (χ0v) is 23.7. The minimum absolute atomic E-state index is 0.250. The molecule has 1 amide bonds. The number of aromatic nitrogens is 3. The molecule has 1 aliphatic heterocycles. The summed E-state index contributed by atoms with van der Waals surface area (Å²) in [6, 6.07) is 17.8. The Bertz CT molecular complexity index is 1570. The lowest BCUT2D eigenvalue weighted by Crippen LogP contribution is -2.31. The third kappa shape index (κ3) is 5.30. The molecule has 0 bridgehead atoms. The molecule has 0 saturated heterocycles. The van der Waals surface area contributed by atoms with Gasteiger partial charge >= 0.3 is 0 Å². The van der Waals surface area contributed by atoms with E-state index in [1.807, 2.05) is 55.5 Å². The van der Waals surface area contributed by atoms with Crippen molar-refractivity contribution < 1.29 is 19.0 Å². The van der Waals surface area contributed by atoms with Gasteiger partial charge in [0, 0.05) is 16.3 Å². The molecule has 3 aromatic carbocycles. The number of nitrogens with one attached hydrogen (secondary N) is 2. The Kier molecular flexibility index (Phi) is 7.76. The number of carbonyl (C=O) groups excluding carboxylic acids is 1. The molecule has 39 heavy (non-hydrogen) atoms. The summed E-state index contributed by atoms with van der Waals surface area (Å²) >= 11 is 9.95. The van der Waals surface area contributed by atoms with Crippen LogP contribution in [0.5, 0.6) is 17.2 Å². The maximum absolute atomic E-state index is 13.8. The molecule has 0 unspecified atom stereocenters. The van der Waals surface area contributed by atoms with E-state index in [2.05, 4.69) is 36.6 Å². The lowest BCUT2D eigenvalue weighted by Gasteiger charge is -2.29. The van der Waals surface area contributed by atoms with Crippen molar-refractivity contribution in [2.24, 2.45) is 0 Å². The number of amides is 1. The summed E-state index contributed by atoms with van der Waals surface area (Å²) < 4.78 is 19.6. The minimum Gasteiger partial charge on any atom is -0.495 e. The first-order chi connectivity index (χ1) is 18.9. The second kappa shape index (κ2) is 11.4. The van der Waals surface area contributed by atoms with E-state index in [9.17, 15) is 4.79 Å². The van der Waals surface area contributed by atoms with Gasteiger partial charge in [0.05, 0.1) is 30.0 Å². The zero-order valence-electron chi connectivity index (χ0n) is 21.4. The van der Waals surface area contributed by atoms with Crippen molar-refractivity contribution in [3.8, 4) is 17.2 Å². The number of hydrogen-bond donors (Lipinski definition) is 2. The van der Waals surface area contributed by atoms with Gasteiger partial charge in [0.2, 0.25) is 5.95 Å².